The third-order valence-corrected chi connectivity index (χ3v) is 2.72. The second-order valence-electron chi connectivity index (χ2n) is 2.46. The molecule has 0 amide bonds. The molecular formula is C9H5NO2S. The van der Waals surface area contributed by atoms with E-state index in [1.165, 1.54) is 11.3 Å². The van der Waals surface area contributed by atoms with E-state index in [4.69, 9.17) is 5.11 Å². The van der Waals surface area contributed by atoms with E-state index in [0.29, 0.717) is 4.88 Å². The molecule has 0 unspecified atom stereocenters. The summed E-state index contributed by atoms with van der Waals surface area (Å²) in [6.07, 6.45) is 3.40. The van der Waals surface area contributed by atoms with Crippen molar-refractivity contribution in [2.75, 3.05) is 0 Å². The predicted molar refractivity (Wildman–Crippen MR) is 51.3 cm³/mol. The van der Waals surface area contributed by atoms with Gasteiger partial charge in [-0.05, 0) is 18.0 Å². The number of carboxylic acid groups (broad SMARTS) is 1. The van der Waals surface area contributed by atoms with Gasteiger partial charge in [-0.15, -0.1) is 11.3 Å². The van der Waals surface area contributed by atoms with E-state index in [1.807, 2.05) is 0 Å². The second-order valence-corrected chi connectivity index (χ2v) is 3.54. The molecule has 4 heteroatoms. The van der Waals surface area contributed by atoms with Gasteiger partial charge in [0.1, 0.15) is 4.88 Å². The fraction of sp³-hybridized carbons (Fsp3) is 0. The number of aliphatic imine (C=N–C) groups is 1. The smallest absolute Gasteiger partial charge is 0.345 e. The SMILES string of the molecule is O=C(O)c1ccc(C2=CN=C=C2)s1. The summed E-state index contributed by atoms with van der Waals surface area (Å²) in [4.78, 5) is 15.6. The molecule has 0 spiro atoms. The lowest BCUT2D eigenvalue weighted by Gasteiger charge is -1.89. The maximum atomic E-state index is 10.6. The number of carboxylic acids is 1. The number of aromatic carboxylic acids is 1. The zero-order valence-electron chi connectivity index (χ0n) is 6.52. The van der Waals surface area contributed by atoms with Gasteiger partial charge in [-0.3, -0.25) is 0 Å². The molecule has 0 radical (unpaired) electrons. The van der Waals surface area contributed by atoms with Crippen LogP contribution in [-0.2, 0) is 0 Å². The van der Waals surface area contributed by atoms with Gasteiger partial charge in [0.25, 0.3) is 0 Å². The van der Waals surface area contributed by atoms with Crippen molar-refractivity contribution in [2.24, 2.45) is 4.99 Å². The van der Waals surface area contributed by atoms with Crippen molar-refractivity contribution in [2.45, 2.75) is 0 Å². The van der Waals surface area contributed by atoms with Gasteiger partial charge in [-0.2, -0.15) is 0 Å². The number of thiophene rings is 1. The van der Waals surface area contributed by atoms with Gasteiger partial charge < -0.3 is 5.11 Å². The highest BCUT2D eigenvalue weighted by atomic mass is 32.1. The van der Waals surface area contributed by atoms with Crippen LogP contribution in [0.1, 0.15) is 14.5 Å². The minimum Gasteiger partial charge on any atom is -0.477 e. The van der Waals surface area contributed by atoms with Crippen LogP contribution in [-0.4, -0.2) is 16.9 Å². The minimum absolute atomic E-state index is 0.344. The summed E-state index contributed by atoms with van der Waals surface area (Å²) in [5, 5.41) is 8.68. The zero-order valence-corrected chi connectivity index (χ0v) is 7.34. The summed E-state index contributed by atoms with van der Waals surface area (Å²) >= 11 is 1.24. The molecule has 1 aliphatic heterocycles. The lowest BCUT2D eigenvalue weighted by Crippen LogP contribution is -1.89. The van der Waals surface area contributed by atoms with E-state index in [0.717, 1.165) is 10.5 Å². The van der Waals surface area contributed by atoms with Crippen LogP contribution in [0.3, 0.4) is 0 Å². The predicted octanol–water partition coefficient (Wildman–Crippen LogP) is 2.03. The molecule has 1 aromatic heterocycles. The summed E-state index contributed by atoms with van der Waals surface area (Å²) in [6.45, 7) is 0. The molecule has 1 aliphatic rings. The van der Waals surface area contributed by atoms with Crippen molar-refractivity contribution in [3.05, 3.63) is 34.2 Å². The first-order chi connectivity index (χ1) is 6.27. The molecule has 0 fully saturated rings. The van der Waals surface area contributed by atoms with Crippen LogP contribution < -0.4 is 0 Å². The van der Waals surface area contributed by atoms with Crippen LogP contribution in [0.2, 0.25) is 0 Å². The third kappa shape index (κ3) is 1.45. The monoisotopic (exact) mass is 191 g/mol. The zero-order chi connectivity index (χ0) is 9.26. The summed E-state index contributed by atoms with van der Waals surface area (Å²) in [5.74, 6) is 1.79. The van der Waals surface area contributed by atoms with Gasteiger partial charge in [0, 0.05) is 22.7 Å². The average Bonchev–Trinajstić information content (AvgIpc) is 2.75. The lowest BCUT2D eigenvalue weighted by molar-refractivity contribution is 0.0702. The molecule has 0 saturated heterocycles. The van der Waals surface area contributed by atoms with Gasteiger partial charge in [0.05, 0.1) is 0 Å². The van der Waals surface area contributed by atoms with Gasteiger partial charge in [0.15, 0.2) is 0 Å². The van der Waals surface area contributed by atoms with Gasteiger partial charge >= 0.3 is 5.97 Å². The maximum Gasteiger partial charge on any atom is 0.345 e. The number of hydrogen-bond acceptors (Lipinski definition) is 3. The molecule has 0 atom stereocenters. The molecule has 0 saturated carbocycles. The Balaban J connectivity index is 2.33. The first kappa shape index (κ1) is 7.98. The Labute approximate surface area is 78.4 Å². The second kappa shape index (κ2) is 3.01. The van der Waals surface area contributed by atoms with Crippen LogP contribution in [0.5, 0.6) is 0 Å². The Morgan fingerprint density at radius 1 is 1.54 bits per heavy atom. The highest BCUT2D eigenvalue weighted by Gasteiger charge is 2.09. The fourth-order valence-corrected chi connectivity index (χ4v) is 1.82. The summed E-state index contributed by atoms with van der Waals surface area (Å²) in [7, 11) is 0. The first-order valence-electron chi connectivity index (χ1n) is 3.59. The van der Waals surface area contributed by atoms with E-state index in [9.17, 15) is 4.79 Å². The van der Waals surface area contributed by atoms with Crippen LogP contribution in [0.15, 0.2) is 29.4 Å². The van der Waals surface area contributed by atoms with Gasteiger partial charge in [0.2, 0.25) is 0 Å². The van der Waals surface area contributed by atoms with Crippen LogP contribution in [0, 0.1) is 0 Å². The number of carbonyl (C=O) groups is 1. The molecule has 2 heterocycles. The largest absolute Gasteiger partial charge is 0.477 e. The Hall–Kier alpha value is -1.64. The maximum absolute atomic E-state index is 10.6. The summed E-state index contributed by atoms with van der Waals surface area (Å²) in [6, 6.07) is 3.37. The lowest BCUT2D eigenvalue weighted by atomic mass is 10.2. The Morgan fingerprint density at radius 2 is 2.38 bits per heavy atom. The van der Waals surface area contributed by atoms with E-state index in [1.54, 1.807) is 24.4 Å². The van der Waals surface area contributed by atoms with E-state index < -0.39 is 5.97 Å². The van der Waals surface area contributed by atoms with Crippen molar-refractivity contribution in [1.82, 2.24) is 0 Å². The van der Waals surface area contributed by atoms with Crippen LogP contribution >= 0.6 is 11.3 Å². The Bertz CT molecular complexity index is 450. The van der Waals surface area contributed by atoms with Crippen molar-refractivity contribution < 1.29 is 9.90 Å². The number of hydrogen-bond donors (Lipinski definition) is 1. The normalized spacial score (nSPS) is 13.4. The van der Waals surface area contributed by atoms with Gasteiger partial charge in [-0.25, -0.2) is 9.79 Å². The van der Waals surface area contributed by atoms with Crippen molar-refractivity contribution >= 4 is 28.7 Å². The average molecular weight is 191 g/mol. The molecule has 0 aromatic carbocycles. The number of allylic oxidation sites excluding steroid dienone is 2. The van der Waals surface area contributed by atoms with E-state index in [2.05, 4.69) is 10.9 Å². The van der Waals surface area contributed by atoms with E-state index in [-0.39, 0.29) is 0 Å². The van der Waals surface area contributed by atoms with Crippen molar-refractivity contribution in [3.63, 3.8) is 0 Å². The standard InChI is InChI=1S/C9H5NO2S/c11-9(12)8-2-1-7(13-8)6-3-4-10-5-6/h1-3,5H,(H,11,12). The third-order valence-electron chi connectivity index (χ3n) is 1.60. The molecular weight excluding hydrogens is 186 g/mol. The quantitative estimate of drug-likeness (QED) is 0.777. The number of rotatable bonds is 2. The number of nitrogens with zero attached hydrogens (tertiary/aromatic N) is 1. The topological polar surface area (TPSA) is 49.7 Å². The summed E-state index contributed by atoms with van der Waals surface area (Å²) in [5.41, 5.74) is 0.914. The molecule has 1 N–H and O–H groups in total. The fourth-order valence-electron chi connectivity index (χ4n) is 0.994. The molecule has 2 rings (SSSR count). The molecule has 13 heavy (non-hydrogen) atoms. The molecule has 64 valence electrons. The van der Waals surface area contributed by atoms with Gasteiger partial charge in [-0.1, -0.05) is 0 Å². The van der Waals surface area contributed by atoms with Crippen LogP contribution in [0.4, 0.5) is 0 Å². The highest BCUT2D eigenvalue weighted by Crippen LogP contribution is 2.25. The Kier molecular flexibility index (Phi) is 1.85. The first-order valence-corrected chi connectivity index (χ1v) is 4.41. The minimum atomic E-state index is -0.889. The summed E-state index contributed by atoms with van der Waals surface area (Å²) < 4.78 is 0. The van der Waals surface area contributed by atoms with E-state index >= 15 is 0 Å². The molecule has 3 nitrogen and oxygen atoms in total. The van der Waals surface area contributed by atoms with Crippen LogP contribution in [0.25, 0.3) is 5.57 Å². The van der Waals surface area contributed by atoms with Crippen molar-refractivity contribution in [1.29, 1.82) is 0 Å². The molecule has 1 aromatic rings. The Morgan fingerprint density at radius 3 is 2.92 bits per heavy atom. The molecule has 0 bridgehead atoms. The molecule has 0 aliphatic carbocycles. The highest BCUT2D eigenvalue weighted by molar-refractivity contribution is 7.15. The van der Waals surface area contributed by atoms with Crippen molar-refractivity contribution in [3.8, 4) is 0 Å².